The number of nitrogens with zero attached hydrogens (tertiary/aromatic N) is 5. The summed E-state index contributed by atoms with van der Waals surface area (Å²) in [5.74, 6) is -0.199. The number of aryl methyl sites for hydroxylation is 2. The molecule has 0 fully saturated rings. The topological polar surface area (TPSA) is 107 Å². The Morgan fingerprint density at radius 2 is 1.68 bits per heavy atom. The molecule has 0 aliphatic heterocycles. The molecule has 0 unspecified atom stereocenters. The van der Waals surface area contributed by atoms with Gasteiger partial charge in [-0.05, 0) is 83.1 Å². The minimum absolute atomic E-state index is 0.148. The second-order valence-corrected chi connectivity index (χ2v) is 12.2. The number of halogens is 2. The van der Waals surface area contributed by atoms with Crippen LogP contribution >= 0.6 is 23.2 Å². The highest BCUT2D eigenvalue weighted by Crippen LogP contribution is 2.32. The number of aromatic nitrogens is 4. The zero-order chi connectivity index (χ0) is 27.1. The molecule has 4 aromatic rings. The molecule has 2 aromatic heterocycles. The molecule has 4 rings (SSSR count). The van der Waals surface area contributed by atoms with Gasteiger partial charge >= 0.3 is 5.97 Å². The number of rotatable bonds is 6. The quantitative estimate of drug-likeness (QED) is 0.295. The van der Waals surface area contributed by atoms with E-state index >= 15 is 0 Å². The summed E-state index contributed by atoms with van der Waals surface area (Å²) in [6, 6.07) is 12.6. The standard InChI is InChI=1S/C25H25Cl2N5O4S/c1-15-6-9-23(29-28-15)32-22-8-7-19(13-21(22)16(2)30-32)31(14-24(33)36-25(3,4)5)37(34,35)20-11-17(26)10-18(27)12-20/h6-13H,14H2,1-5H3. The third-order valence-electron chi connectivity index (χ3n) is 5.25. The lowest BCUT2D eigenvalue weighted by Gasteiger charge is -2.26. The zero-order valence-corrected chi connectivity index (χ0v) is 23.2. The highest BCUT2D eigenvalue weighted by molar-refractivity contribution is 7.92. The van der Waals surface area contributed by atoms with Crippen molar-refractivity contribution >= 4 is 55.8 Å². The summed E-state index contributed by atoms with van der Waals surface area (Å²) < 4.78 is 35.6. The van der Waals surface area contributed by atoms with Gasteiger partial charge in [0.15, 0.2) is 5.82 Å². The fraction of sp³-hybridized carbons (Fsp3) is 0.280. The predicted molar refractivity (Wildman–Crippen MR) is 143 cm³/mol. The first-order valence-electron chi connectivity index (χ1n) is 11.3. The van der Waals surface area contributed by atoms with Gasteiger partial charge in [0.05, 0.1) is 27.5 Å². The summed E-state index contributed by atoms with van der Waals surface area (Å²) >= 11 is 12.2. The number of anilines is 1. The van der Waals surface area contributed by atoms with Crippen LogP contribution in [-0.2, 0) is 19.6 Å². The van der Waals surface area contributed by atoms with Gasteiger partial charge in [0, 0.05) is 15.4 Å². The van der Waals surface area contributed by atoms with E-state index in [0.717, 1.165) is 10.00 Å². The van der Waals surface area contributed by atoms with Gasteiger partial charge in [0.1, 0.15) is 12.1 Å². The molecule has 2 heterocycles. The van der Waals surface area contributed by atoms with E-state index in [2.05, 4.69) is 15.3 Å². The smallest absolute Gasteiger partial charge is 0.327 e. The Bertz CT molecular complexity index is 1580. The van der Waals surface area contributed by atoms with Gasteiger partial charge in [-0.15, -0.1) is 5.10 Å². The average molecular weight is 562 g/mol. The van der Waals surface area contributed by atoms with Crippen molar-refractivity contribution in [2.75, 3.05) is 10.8 Å². The Labute approximate surface area is 225 Å². The Hall–Kier alpha value is -3.21. The third-order valence-corrected chi connectivity index (χ3v) is 7.44. The Morgan fingerprint density at radius 3 is 2.27 bits per heavy atom. The van der Waals surface area contributed by atoms with Crippen molar-refractivity contribution in [1.82, 2.24) is 20.0 Å². The molecule has 37 heavy (non-hydrogen) atoms. The van der Waals surface area contributed by atoms with E-state index in [9.17, 15) is 13.2 Å². The second-order valence-electron chi connectivity index (χ2n) is 9.43. The molecule has 0 aliphatic rings. The van der Waals surface area contributed by atoms with Gasteiger partial charge in [0.25, 0.3) is 10.0 Å². The summed E-state index contributed by atoms with van der Waals surface area (Å²) in [5, 5.41) is 13.8. The summed E-state index contributed by atoms with van der Waals surface area (Å²) in [6.45, 7) is 8.19. The van der Waals surface area contributed by atoms with E-state index in [1.807, 2.05) is 13.0 Å². The molecule has 0 spiro atoms. The van der Waals surface area contributed by atoms with Crippen LogP contribution < -0.4 is 4.31 Å². The maximum atomic E-state index is 13.8. The van der Waals surface area contributed by atoms with Crippen LogP contribution in [0.2, 0.25) is 10.0 Å². The maximum Gasteiger partial charge on any atom is 0.327 e. The fourth-order valence-corrected chi connectivity index (χ4v) is 5.83. The predicted octanol–water partition coefficient (Wildman–Crippen LogP) is 5.28. The maximum absolute atomic E-state index is 13.8. The molecular formula is C25H25Cl2N5O4S. The van der Waals surface area contributed by atoms with E-state index < -0.39 is 28.1 Å². The van der Waals surface area contributed by atoms with Crippen molar-refractivity contribution in [2.45, 2.75) is 45.1 Å². The average Bonchev–Trinajstić information content (AvgIpc) is 3.12. The van der Waals surface area contributed by atoms with Crippen molar-refractivity contribution in [3.63, 3.8) is 0 Å². The molecule has 0 saturated carbocycles. The number of carbonyl (C=O) groups is 1. The zero-order valence-electron chi connectivity index (χ0n) is 20.9. The van der Waals surface area contributed by atoms with Crippen LogP contribution in [0.4, 0.5) is 5.69 Å². The number of esters is 1. The van der Waals surface area contributed by atoms with Crippen molar-refractivity contribution in [1.29, 1.82) is 0 Å². The molecule has 0 aliphatic carbocycles. The first-order valence-corrected chi connectivity index (χ1v) is 13.4. The molecule has 2 aromatic carbocycles. The summed E-state index contributed by atoms with van der Waals surface area (Å²) in [7, 11) is -4.27. The molecular weight excluding hydrogens is 537 g/mol. The monoisotopic (exact) mass is 561 g/mol. The third kappa shape index (κ3) is 5.87. The number of hydrogen-bond acceptors (Lipinski definition) is 7. The van der Waals surface area contributed by atoms with Crippen LogP contribution in [0.25, 0.3) is 16.7 Å². The van der Waals surface area contributed by atoms with Crippen LogP contribution in [0.15, 0.2) is 53.4 Å². The number of fused-ring (bicyclic) bond motifs is 1. The van der Waals surface area contributed by atoms with Gasteiger partial charge in [-0.1, -0.05) is 23.2 Å². The van der Waals surface area contributed by atoms with Crippen LogP contribution in [0.1, 0.15) is 32.2 Å². The van der Waals surface area contributed by atoms with Crippen LogP contribution in [0, 0.1) is 13.8 Å². The number of ether oxygens (including phenoxy) is 1. The lowest BCUT2D eigenvalue weighted by Crippen LogP contribution is -2.39. The van der Waals surface area contributed by atoms with Gasteiger partial charge in [-0.3, -0.25) is 9.10 Å². The van der Waals surface area contributed by atoms with Gasteiger partial charge in [-0.2, -0.15) is 10.2 Å². The molecule has 194 valence electrons. The summed E-state index contributed by atoms with van der Waals surface area (Å²) in [6.07, 6.45) is 0. The largest absolute Gasteiger partial charge is 0.459 e. The Balaban J connectivity index is 1.84. The first kappa shape index (κ1) is 26.8. The second kappa shape index (κ2) is 9.92. The van der Waals surface area contributed by atoms with Crippen LogP contribution in [0.5, 0.6) is 0 Å². The molecule has 0 radical (unpaired) electrons. The first-order chi connectivity index (χ1) is 17.2. The number of sulfonamides is 1. The van der Waals surface area contributed by atoms with Gasteiger partial charge < -0.3 is 4.74 Å². The van der Waals surface area contributed by atoms with E-state index in [1.54, 1.807) is 56.6 Å². The van der Waals surface area contributed by atoms with Gasteiger partial charge in [0.2, 0.25) is 0 Å². The minimum Gasteiger partial charge on any atom is -0.459 e. The molecule has 0 amide bonds. The highest BCUT2D eigenvalue weighted by Gasteiger charge is 2.30. The number of benzene rings is 2. The number of carbonyl (C=O) groups excluding carboxylic acids is 1. The molecule has 0 atom stereocenters. The summed E-state index contributed by atoms with van der Waals surface area (Å²) in [4.78, 5) is 12.6. The minimum atomic E-state index is -4.27. The van der Waals surface area contributed by atoms with Crippen LogP contribution in [-0.4, -0.2) is 46.5 Å². The van der Waals surface area contributed by atoms with E-state index in [0.29, 0.717) is 22.4 Å². The van der Waals surface area contributed by atoms with Crippen molar-refractivity contribution in [2.24, 2.45) is 0 Å². The van der Waals surface area contributed by atoms with Crippen molar-refractivity contribution < 1.29 is 17.9 Å². The molecule has 0 saturated heterocycles. The molecule has 0 N–H and O–H groups in total. The normalized spacial score (nSPS) is 12.1. The molecule has 12 heteroatoms. The van der Waals surface area contributed by atoms with E-state index in [1.165, 1.54) is 18.2 Å². The number of hydrogen-bond donors (Lipinski definition) is 0. The van der Waals surface area contributed by atoms with E-state index in [-0.39, 0.29) is 20.6 Å². The Morgan fingerprint density at radius 1 is 1.00 bits per heavy atom. The lowest BCUT2D eigenvalue weighted by molar-refractivity contribution is -0.152. The Kier molecular flexibility index (Phi) is 7.20. The summed E-state index contributed by atoms with van der Waals surface area (Å²) in [5.41, 5.74) is 1.54. The van der Waals surface area contributed by atoms with Crippen molar-refractivity contribution in [3.8, 4) is 5.82 Å². The van der Waals surface area contributed by atoms with E-state index in [4.69, 9.17) is 27.9 Å². The fourth-order valence-electron chi connectivity index (χ4n) is 3.70. The molecule has 0 bridgehead atoms. The van der Waals surface area contributed by atoms with Gasteiger partial charge in [-0.25, -0.2) is 13.1 Å². The SMILES string of the molecule is Cc1ccc(-n2nc(C)c3cc(N(CC(=O)OC(C)(C)C)S(=O)(=O)c4cc(Cl)cc(Cl)c4)ccc32)nn1. The highest BCUT2D eigenvalue weighted by atomic mass is 35.5. The van der Waals surface area contributed by atoms with Crippen molar-refractivity contribution in [3.05, 3.63) is 70.0 Å². The molecule has 9 nitrogen and oxygen atoms in total. The van der Waals surface area contributed by atoms with Crippen LogP contribution in [0.3, 0.4) is 0 Å². The lowest BCUT2D eigenvalue weighted by atomic mass is 10.2.